The van der Waals surface area contributed by atoms with Gasteiger partial charge in [0, 0.05) is 58.9 Å². The van der Waals surface area contributed by atoms with Gasteiger partial charge in [0.05, 0.1) is 64.0 Å². The van der Waals surface area contributed by atoms with Crippen molar-refractivity contribution < 1.29 is 42.6 Å². The smallest absolute Gasteiger partial charge is 0.203 e. The third kappa shape index (κ3) is 11.1. The normalized spacial score (nSPS) is 10.9. The summed E-state index contributed by atoms with van der Waals surface area (Å²) in [5, 5.41) is 10.5. The Morgan fingerprint density at radius 2 is 0.694 bits per heavy atom. The van der Waals surface area contributed by atoms with E-state index in [-0.39, 0.29) is 0 Å². The number of nitrogens with one attached hydrogen (secondary N) is 3. The van der Waals surface area contributed by atoms with Crippen LogP contribution in [0.3, 0.4) is 0 Å². The molecule has 0 spiro atoms. The van der Waals surface area contributed by atoms with Gasteiger partial charge in [0.15, 0.2) is 34.5 Å². The van der Waals surface area contributed by atoms with Crippen LogP contribution in [-0.2, 0) is 19.6 Å². The predicted molar refractivity (Wildman–Crippen MR) is 190 cm³/mol. The van der Waals surface area contributed by atoms with E-state index in [0.29, 0.717) is 71.4 Å². The molecule has 0 aromatic heterocycles. The first-order valence-corrected chi connectivity index (χ1v) is 16.1. The molecule has 13 nitrogen and oxygen atoms in total. The predicted octanol–water partition coefficient (Wildman–Crippen LogP) is 3.74. The molecule has 3 aromatic rings. The van der Waals surface area contributed by atoms with Crippen molar-refractivity contribution in [1.82, 2.24) is 20.9 Å². The molecule has 0 bridgehead atoms. The highest BCUT2D eigenvalue weighted by Gasteiger charge is 2.18. The highest BCUT2D eigenvalue weighted by molar-refractivity contribution is 5.55. The first kappa shape index (κ1) is 39.1. The van der Waals surface area contributed by atoms with Gasteiger partial charge in [0.25, 0.3) is 0 Å². The van der Waals surface area contributed by atoms with Gasteiger partial charge in [-0.15, -0.1) is 0 Å². The van der Waals surface area contributed by atoms with Crippen LogP contribution in [0.1, 0.15) is 16.7 Å². The van der Waals surface area contributed by atoms with Crippen LogP contribution in [0.15, 0.2) is 36.4 Å². The summed E-state index contributed by atoms with van der Waals surface area (Å²) in [5.74, 6) is 5.48. The molecule has 272 valence electrons. The Morgan fingerprint density at radius 1 is 0.388 bits per heavy atom. The van der Waals surface area contributed by atoms with Crippen LogP contribution in [-0.4, -0.2) is 108 Å². The van der Waals surface area contributed by atoms with Crippen molar-refractivity contribution in [2.45, 2.75) is 19.6 Å². The van der Waals surface area contributed by atoms with E-state index in [4.69, 9.17) is 42.6 Å². The molecule has 0 heterocycles. The summed E-state index contributed by atoms with van der Waals surface area (Å²) in [6.07, 6.45) is 0. The molecule has 3 aromatic carbocycles. The average Bonchev–Trinajstić information content (AvgIpc) is 3.13. The van der Waals surface area contributed by atoms with Gasteiger partial charge in [-0.25, -0.2) is 0 Å². The third-order valence-corrected chi connectivity index (χ3v) is 7.88. The summed E-state index contributed by atoms with van der Waals surface area (Å²) in [5.41, 5.74) is 3.11. The van der Waals surface area contributed by atoms with E-state index in [9.17, 15) is 0 Å². The molecule has 0 atom stereocenters. The quantitative estimate of drug-likeness (QED) is 0.119. The van der Waals surface area contributed by atoms with Crippen molar-refractivity contribution in [3.8, 4) is 51.7 Å². The van der Waals surface area contributed by atoms with Crippen molar-refractivity contribution in [1.29, 1.82) is 0 Å². The van der Waals surface area contributed by atoms with Crippen LogP contribution >= 0.6 is 0 Å². The highest BCUT2D eigenvalue weighted by atomic mass is 16.5. The van der Waals surface area contributed by atoms with Gasteiger partial charge in [-0.1, -0.05) is 0 Å². The molecule has 0 saturated carbocycles. The van der Waals surface area contributed by atoms with Crippen LogP contribution in [0.5, 0.6) is 51.7 Å². The first-order valence-electron chi connectivity index (χ1n) is 16.1. The molecule has 13 heteroatoms. The van der Waals surface area contributed by atoms with Gasteiger partial charge in [-0.05, 0) is 53.1 Å². The molecule has 0 aliphatic carbocycles. The maximum Gasteiger partial charge on any atom is 0.203 e. The summed E-state index contributed by atoms with van der Waals surface area (Å²) in [7, 11) is 14.5. The summed E-state index contributed by atoms with van der Waals surface area (Å²) < 4.78 is 49.8. The van der Waals surface area contributed by atoms with Crippen LogP contribution in [0.25, 0.3) is 0 Å². The zero-order valence-corrected chi connectivity index (χ0v) is 30.4. The second-order valence-corrected chi connectivity index (χ2v) is 11.0. The van der Waals surface area contributed by atoms with E-state index < -0.39 is 0 Å². The number of rotatable bonds is 24. The zero-order chi connectivity index (χ0) is 35.6. The first-order chi connectivity index (χ1) is 23.9. The minimum atomic E-state index is 0.565. The summed E-state index contributed by atoms with van der Waals surface area (Å²) in [4.78, 5) is 2.34. The monoisotopic (exact) mass is 686 g/mol. The van der Waals surface area contributed by atoms with Gasteiger partial charge in [0.2, 0.25) is 17.2 Å². The standard InChI is InChI=1S/C36H54N4O9/c1-41-28-16-25(17-29(42-2)34(28)47-7)22-39-13-12-37-10-11-38-14-15-40(23-26-18-30(43-3)35(48-8)31(19-26)44-4)24-27-20-32(45-5)36(49-9)33(21-27)46-6/h16-21,37-39H,10-15,22-24H2,1-9H3. The van der Waals surface area contributed by atoms with Crippen molar-refractivity contribution in [2.24, 2.45) is 0 Å². The molecule has 0 aliphatic heterocycles. The second kappa shape index (κ2) is 20.9. The summed E-state index contributed by atoms with van der Waals surface area (Å²) in [6.45, 7) is 6.86. The molecule has 0 radical (unpaired) electrons. The van der Waals surface area contributed by atoms with Crippen LogP contribution in [0, 0.1) is 0 Å². The van der Waals surface area contributed by atoms with E-state index in [1.54, 1.807) is 64.0 Å². The number of nitrogens with zero attached hydrogens (tertiary/aromatic N) is 1. The summed E-state index contributed by atoms with van der Waals surface area (Å²) in [6, 6.07) is 11.8. The largest absolute Gasteiger partial charge is 0.493 e. The van der Waals surface area contributed by atoms with Gasteiger partial charge in [0.1, 0.15) is 0 Å². The Balaban J connectivity index is 1.55. The number of hydrogen-bond donors (Lipinski definition) is 3. The molecule has 0 amide bonds. The maximum atomic E-state index is 5.61. The topological polar surface area (TPSA) is 122 Å². The van der Waals surface area contributed by atoms with Crippen LogP contribution in [0.2, 0.25) is 0 Å². The van der Waals surface area contributed by atoms with Gasteiger partial charge in [-0.3, -0.25) is 4.90 Å². The van der Waals surface area contributed by atoms with Gasteiger partial charge in [-0.2, -0.15) is 0 Å². The lowest BCUT2D eigenvalue weighted by Gasteiger charge is -2.25. The van der Waals surface area contributed by atoms with E-state index in [2.05, 4.69) is 20.9 Å². The van der Waals surface area contributed by atoms with Gasteiger partial charge < -0.3 is 58.6 Å². The average molecular weight is 687 g/mol. The third-order valence-electron chi connectivity index (χ3n) is 7.88. The molecular weight excluding hydrogens is 632 g/mol. The van der Waals surface area contributed by atoms with Crippen molar-refractivity contribution >= 4 is 0 Å². The lowest BCUT2D eigenvalue weighted by molar-refractivity contribution is 0.253. The van der Waals surface area contributed by atoms with Crippen molar-refractivity contribution in [2.75, 3.05) is 103 Å². The lowest BCUT2D eigenvalue weighted by atomic mass is 10.1. The van der Waals surface area contributed by atoms with Crippen LogP contribution < -0.4 is 58.6 Å². The minimum absolute atomic E-state index is 0.565. The fraction of sp³-hybridized carbons (Fsp3) is 0.500. The Bertz CT molecular complexity index is 1300. The van der Waals surface area contributed by atoms with E-state index in [0.717, 1.165) is 56.0 Å². The molecule has 3 N–H and O–H groups in total. The maximum absolute atomic E-state index is 5.61. The molecule has 0 aliphatic rings. The second-order valence-electron chi connectivity index (χ2n) is 11.0. The number of ether oxygens (including phenoxy) is 9. The molecule has 3 rings (SSSR count). The molecular formula is C36H54N4O9. The van der Waals surface area contributed by atoms with E-state index in [1.807, 2.05) is 36.4 Å². The van der Waals surface area contributed by atoms with Gasteiger partial charge >= 0.3 is 0 Å². The molecule has 0 unspecified atom stereocenters. The number of hydrogen-bond acceptors (Lipinski definition) is 13. The van der Waals surface area contributed by atoms with Crippen molar-refractivity contribution in [3.05, 3.63) is 53.1 Å². The summed E-state index contributed by atoms with van der Waals surface area (Å²) >= 11 is 0. The van der Waals surface area contributed by atoms with Crippen molar-refractivity contribution in [3.63, 3.8) is 0 Å². The Labute approximate surface area is 291 Å². The zero-order valence-electron chi connectivity index (χ0n) is 30.4. The lowest BCUT2D eigenvalue weighted by Crippen LogP contribution is -2.36. The fourth-order valence-electron chi connectivity index (χ4n) is 5.49. The van der Waals surface area contributed by atoms with Crippen LogP contribution in [0.4, 0.5) is 0 Å². The fourth-order valence-corrected chi connectivity index (χ4v) is 5.49. The molecule has 49 heavy (non-hydrogen) atoms. The Morgan fingerprint density at radius 3 is 1.02 bits per heavy atom. The highest BCUT2D eigenvalue weighted by Crippen LogP contribution is 2.40. The minimum Gasteiger partial charge on any atom is -0.493 e. The Hall–Kier alpha value is -4.30. The number of benzene rings is 3. The van der Waals surface area contributed by atoms with E-state index >= 15 is 0 Å². The van der Waals surface area contributed by atoms with E-state index in [1.165, 1.54) is 0 Å². The number of methoxy groups -OCH3 is 9. The molecule has 0 fully saturated rings. The SMILES string of the molecule is COc1cc(CNCCNCCNCCN(Cc2cc(OC)c(OC)c(OC)c2)Cc2cc(OC)c(OC)c(OC)c2)cc(OC)c1OC. The molecule has 0 saturated heterocycles. The Kier molecular flexibility index (Phi) is 16.7.